The van der Waals surface area contributed by atoms with Crippen LogP contribution in [0.25, 0.3) is 0 Å². The van der Waals surface area contributed by atoms with Crippen LogP contribution < -0.4 is 5.32 Å². The molecular formula is C12H17N3S. The number of amidine groups is 1. The highest BCUT2D eigenvalue weighted by atomic mass is 32.2. The molecule has 0 aliphatic carbocycles. The maximum atomic E-state index is 4.55. The van der Waals surface area contributed by atoms with Crippen LogP contribution in [0.3, 0.4) is 0 Å². The Bertz CT molecular complexity index is 362. The van der Waals surface area contributed by atoms with Crippen LogP contribution in [0.4, 0.5) is 0 Å². The van der Waals surface area contributed by atoms with E-state index >= 15 is 0 Å². The van der Waals surface area contributed by atoms with Crippen LogP contribution in [0.1, 0.15) is 19.4 Å². The fourth-order valence-electron chi connectivity index (χ4n) is 1.52. The lowest BCUT2D eigenvalue weighted by molar-refractivity contribution is 0.503. The van der Waals surface area contributed by atoms with E-state index in [0.29, 0.717) is 18.5 Å². The van der Waals surface area contributed by atoms with Crippen molar-refractivity contribution in [3.8, 4) is 0 Å². The number of aliphatic imine (C=N–C) groups is 1. The molecule has 1 fully saturated rings. The van der Waals surface area contributed by atoms with E-state index in [1.165, 1.54) is 0 Å². The van der Waals surface area contributed by atoms with Crippen molar-refractivity contribution >= 4 is 16.9 Å². The smallest absolute Gasteiger partial charge is 0.157 e. The Morgan fingerprint density at radius 2 is 2.50 bits per heavy atom. The molecule has 2 heterocycles. The zero-order valence-electron chi connectivity index (χ0n) is 9.68. The maximum Gasteiger partial charge on any atom is 0.157 e. The van der Waals surface area contributed by atoms with Gasteiger partial charge in [-0.1, -0.05) is 31.7 Å². The Morgan fingerprint density at radius 1 is 1.62 bits per heavy atom. The average molecular weight is 235 g/mol. The molecule has 4 heteroatoms. The van der Waals surface area contributed by atoms with Crippen LogP contribution in [0, 0.1) is 5.92 Å². The van der Waals surface area contributed by atoms with Crippen molar-refractivity contribution in [2.45, 2.75) is 26.4 Å². The predicted octanol–water partition coefficient (Wildman–Crippen LogP) is 2.30. The number of nitrogens with zero attached hydrogens (tertiary/aromatic N) is 2. The highest BCUT2D eigenvalue weighted by Crippen LogP contribution is 2.19. The largest absolute Gasteiger partial charge is 0.361 e. The van der Waals surface area contributed by atoms with E-state index in [9.17, 15) is 0 Å². The van der Waals surface area contributed by atoms with Crippen LogP contribution in [0.2, 0.25) is 0 Å². The second kappa shape index (κ2) is 5.34. The quantitative estimate of drug-likeness (QED) is 0.873. The third kappa shape index (κ3) is 2.98. The lowest BCUT2D eigenvalue weighted by atomic mass is 10.1. The molecule has 1 saturated heterocycles. The minimum atomic E-state index is 0.567. The van der Waals surface area contributed by atoms with E-state index in [4.69, 9.17) is 0 Å². The van der Waals surface area contributed by atoms with Gasteiger partial charge in [-0.3, -0.25) is 9.98 Å². The van der Waals surface area contributed by atoms with E-state index in [2.05, 4.69) is 35.2 Å². The van der Waals surface area contributed by atoms with Gasteiger partial charge in [0.25, 0.3) is 0 Å². The molecule has 1 aliphatic heterocycles. The first-order valence-corrected chi connectivity index (χ1v) is 6.57. The zero-order valence-corrected chi connectivity index (χ0v) is 10.5. The number of aromatic nitrogens is 1. The molecule has 1 N–H and O–H groups in total. The molecule has 0 spiro atoms. The van der Waals surface area contributed by atoms with E-state index in [1.807, 2.05) is 24.0 Å². The molecule has 16 heavy (non-hydrogen) atoms. The van der Waals surface area contributed by atoms with Gasteiger partial charge in [-0.05, 0) is 17.5 Å². The van der Waals surface area contributed by atoms with Gasteiger partial charge in [0.2, 0.25) is 0 Å². The molecule has 0 amide bonds. The van der Waals surface area contributed by atoms with Gasteiger partial charge in [0.15, 0.2) is 5.17 Å². The molecule has 0 saturated carbocycles. The molecule has 0 radical (unpaired) electrons. The van der Waals surface area contributed by atoms with Crippen molar-refractivity contribution in [3.63, 3.8) is 0 Å². The molecule has 0 aromatic carbocycles. The first-order valence-electron chi connectivity index (χ1n) is 5.58. The summed E-state index contributed by atoms with van der Waals surface area (Å²) in [4.78, 5) is 8.63. The lowest BCUT2D eigenvalue weighted by Gasteiger charge is -2.13. The predicted molar refractivity (Wildman–Crippen MR) is 69.6 cm³/mol. The van der Waals surface area contributed by atoms with E-state index in [0.717, 1.165) is 16.5 Å². The van der Waals surface area contributed by atoms with E-state index in [-0.39, 0.29) is 0 Å². The molecule has 86 valence electrons. The summed E-state index contributed by atoms with van der Waals surface area (Å²) in [6, 6.07) is 4.57. The van der Waals surface area contributed by atoms with Gasteiger partial charge in [0.05, 0.1) is 6.54 Å². The molecule has 3 nitrogen and oxygen atoms in total. The number of thioether (sulfide) groups is 1. The van der Waals surface area contributed by atoms with Crippen molar-refractivity contribution in [3.05, 3.63) is 30.1 Å². The number of nitrogens with one attached hydrogen (secondary N) is 1. The van der Waals surface area contributed by atoms with Crippen molar-refractivity contribution < 1.29 is 0 Å². The molecule has 1 aliphatic rings. The monoisotopic (exact) mass is 235 g/mol. The van der Waals surface area contributed by atoms with Crippen LogP contribution in [-0.4, -0.2) is 21.9 Å². The van der Waals surface area contributed by atoms with Crippen LogP contribution in [-0.2, 0) is 6.54 Å². The highest BCUT2D eigenvalue weighted by molar-refractivity contribution is 8.14. The van der Waals surface area contributed by atoms with Crippen molar-refractivity contribution in [2.24, 2.45) is 10.9 Å². The topological polar surface area (TPSA) is 37.3 Å². The zero-order chi connectivity index (χ0) is 11.4. The average Bonchev–Trinajstić information content (AvgIpc) is 2.76. The maximum absolute atomic E-state index is 4.55. The molecule has 1 aromatic rings. The fraction of sp³-hybridized carbons (Fsp3) is 0.500. The molecule has 1 atom stereocenters. The number of hydrogen-bond acceptors (Lipinski definition) is 3. The van der Waals surface area contributed by atoms with Crippen LogP contribution in [0.5, 0.6) is 0 Å². The Kier molecular flexibility index (Phi) is 3.83. The first-order chi connectivity index (χ1) is 7.75. The normalized spacial score (nSPS) is 22.7. The molecule has 0 unspecified atom stereocenters. The summed E-state index contributed by atoms with van der Waals surface area (Å²) in [5.41, 5.74) is 1.16. The Balaban J connectivity index is 1.90. The SMILES string of the molecule is CC(C)[C@H]1CSC(=NCc2cccnc2)N1. The second-order valence-electron chi connectivity index (χ2n) is 4.29. The van der Waals surface area contributed by atoms with Crippen molar-refractivity contribution in [2.75, 3.05) is 5.75 Å². The van der Waals surface area contributed by atoms with Crippen molar-refractivity contribution in [1.82, 2.24) is 10.3 Å². The lowest BCUT2D eigenvalue weighted by Crippen LogP contribution is -2.31. The third-order valence-corrected chi connectivity index (χ3v) is 3.69. The minimum Gasteiger partial charge on any atom is -0.361 e. The van der Waals surface area contributed by atoms with Gasteiger partial charge in [-0.25, -0.2) is 0 Å². The summed E-state index contributed by atoms with van der Waals surface area (Å²) < 4.78 is 0. The number of rotatable bonds is 3. The summed E-state index contributed by atoms with van der Waals surface area (Å²) >= 11 is 1.82. The van der Waals surface area contributed by atoms with Gasteiger partial charge in [0, 0.05) is 24.2 Å². The Morgan fingerprint density at radius 3 is 3.12 bits per heavy atom. The highest BCUT2D eigenvalue weighted by Gasteiger charge is 2.22. The minimum absolute atomic E-state index is 0.567. The van der Waals surface area contributed by atoms with E-state index < -0.39 is 0 Å². The molecular weight excluding hydrogens is 218 g/mol. The fourth-order valence-corrected chi connectivity index (χ4v) is 2.71. The molecule has 0 bridgehead atoms. The summed E-state index contributed by atoms with van der Waals surface area (Å²) in [5.74, 6) is 1.79. The van der Waals surface area contributed by atoms with Crippen LogP contribution in [0.15, 0.2) is 29.5 Å². The first kappa shape index (κ1) is 11.5. The Hall–Kier alpha value is -1.03. The van der Waals surface area contributed by atoms with Gasteiger partial charge in [-0.15, -0.1) is 0 Å². The summed E-state index contributed by atoms with van der Waals surface area (Å²) in [6.45, 7) is 5.19. The summed E-state index contributed by atoms with van der Waals surface area (Å²) in [7, 11) is 0. The number of pyridine rings is 1. The third-order valence-electron chi connectivity index (χ3n) is 2.64. The summed E-state index contributed by atoms with van der Waals surface area (Å²) in [5, 5.41) is 4.52. The number of hydrogen-bond donors (Lipinski definition) is 1. The molecule has 1 aromatic heterocycles. The van der Waals surface area contributed by atoms with Gasteiger partial charge < -0.3 is 5.32 Å². The standard InChI is InChI=1S/C12H17N3S/c1-9(2)11-8-16-12(15-11)14-7-10-4-3-5-13-6-10/h3-6,9,11H,7-8H2,1-2H3,(H,14,15)/t11-/m1/s1. The van der Waals surface area contributed by atoms with Crippen LogP contribution >= 0.6 is 11.8 Å². The van der Waals surface area contributed by atoms with Gasteiger partial charge in [-0.2, -0.15) is 0 Å². The van der Waals surface area contributed by atoms with Gasteiger partial charge in [0.1, 0.15) is 0 Å². The summed E-state index contributed by atoms with van der Waals surface area (Å²) in [6.07, 6.45) is 3.65. The van der Waals surface area contributed by atoms with Crippen molar-refractivity contribution in [1.29, 1.82) is 0 Å². The second-order valence-corrected chi connectivity index (χ2v) is 5.30. The van der Waals surface area contributed by atoms with Gasteiger partial charge >= 0.3 is 0 Å². The Labute approximate surface area is 101 Å². The van der Waals surface area contributed by atoms with E-state index in [1.54, 1.807) is 6.20 Å². The molecule has 2 rings (SSSR count).